The second-order valence-corrected chi connectivity index (χ2v) is 4.06. The Morgan fingerprint density at radius 1 is 1.53 bits per heavy atom. The van der Waals surface area contributed by atoms with Crippen molar-refractivity contribution in [1.29, 1.82) is 0 Å². The summed E-state index contributed by atoms with van der Waals surface area (Å²) < 4.78 is 4.85. The molecule has 1 aliphatic heterocycles. The highest BCUT2D eigenvalue weighted by Gasteiger charge is 2.53. The summed E-state index contributed by atoms with van der Waals surface area (Å²) in [6.07, 6.45) is -0.925. The Bertz CT molecular complexity index is 476. The number of nitrogens with zero attached hydrogens (tertiary/aromatic N) is 1. The minimum Gasteiger partial charge on any atom is -0.480 e. The fourth-order valence-electron chi connectivity index (χ4n) is 1.85. The Labute approximate surface area is 103 Å². The number of hydrogen-bond acceptors (Lipinski definition) is 3. The second kappa shape index (κ2) is 4.35. The molecule has 2 atom stereocenters. The summed E-state index contributed by atoms with van der Waals surface area (Å²) >= 11 is 5.80. The number of rotatable bonds is 3. The van der Waals surface area contributed by atoms with E-state index >= 15 is 0 Å². The summed E-state index contributed by atoms with van der Waals surface area (Å²) in [5.74, 6) is -1.47. The lowest BCUT2D eigenvalue weighted by molar-refractivity contribution is -0.155. The van der Waals surface area contributed by atoms with Gasteiger partial charge in [-0.2, -0.15) is 0 Å². The number of halogens is 1. The number of methoxy groups -OCH3 is 1. The Morgan fingerprint density at radius 3 is 2.76 bits per heavy atom. The molecule has 0 aromatic heterocycles. The van der Waals surface area contributed by atoms with E-state index in [1.807, 2.05) is 0 Å². The Hall–Kier alpha value is -1.59. The summed E-state index contributed by atoms with van der Waals surface area (Å²) in [6.45, 7) is 0. The normalized spacial score (nSPS) is 23.4. The van der Waals surface area contributed by atoms with Gasteiger partial charge in [0.2, 0.25) is 0 Å². The molecule has 1 amide bonds. The van der Waals surface area contributed by atoms with Crippen molar-refractivity contribution in [2.24, 2.45) is 0 Å². The number of carboxylic acid groups (broad SMARTS) is 1. The Balaban J connectivity index is 2.32. The number of hydrogen-bond donors (Lipinski definition) is 1. The molecule has 1 heterocycles. The molecule has 0 radical (unpaired) electrons. The van der Waals surface area contributed by atoms with E-state index in [0.717, 1.165) is 0 Å². The van der Waals surface area contributed by atoms with Crippen molar-refractivity contribution in [3.63, 3.8) is 0 Å². The van der Waals surface area contributed by atoms with Gasteiger partial charge in [-0.1, -0.05) is 17.7 Å². The first-order valence-corrected chi connectivity index (χ1v) is 5.28. The number of β-lactam (4-membered cyclic amide) rings is 1. The molecule has 1 aliphatic rings. The van der Waals surface area contributed by atoms with Crippen LogP contribution in [0.3, 0.4) is 0 Å². The van der Waals surface area contributed by atoms with E-state index in [0.29, 0.717) is 10.7 Å². The van der Waals surface area contributed by atoms with E-state index in [4.69, 9.17) is 21.4 Å². The quantitative estimate of drug-likeness (QED) is 0.823. The largest absolute Gasteiger partial charge is 0.480 e. The van der Waals surface area contributed by atoms with Gasteiger partial charge in [-0.25, -0.2) is 4.79 Å². The highest BCUT2D eigenvalue weighted by atomic mass is 35.5. The first kappa shape index (κ1) is 11.9. The van der Waals surface area contributed by atoms with E-state index in [-0.39, 0.29) is 5.91 Å². The molecule has 1 aromatic rings. The number of carbonyl (C=O) groups is 2. The summed E-state index contributed by atoms with van der Waals surface area (Å²) in [5.41, 5.74) is 0.461. The maximum Gasteiger partial charge on any atom is 0.330 e. The minimum absolute atomic E-state index is 0.373. The fraction of sp³-hybridized carbons (Fsp3) is 0.273. The van der Waals surface area contributed by atoms with Gasteiger partial charge in [-0.15, -0.1) is 0 Å². The van der Waals surface area contributed by atoms with E-state index < -0.39 is 18.1 Å². The number of anilines is 1. The van der Waals surface area contributed by atoms with E-state index in [1.54, 1.807) is 24.3 Å². The molecule has 1 N–H and O–H groups in total. The highest BCUT2D eigenvalue weighted by Crippen LogP contribution is 2.31. The summed E-state index contributed by atoms with van der Waals surface area (Å²) in [6, 6.07) is 5.49. The third-order valence-corrected chi connectivity index (χ3v) is 2.87. The number of carbonyl (C=O) groups excluding carboxylic acids is 1. The van der Waals surface area contributed by atoms with Crippen molar-refractivity contribution >= 4 is 29.2 Å². The Morgan fingerprint density at radius 2 is 2.24 bits per heavy atom. The van der Waals surface area contributed by atoms with Gasteiger partial charge >= 0.3 is 5.97 Å². The molecule has 0 unspecified atom stereocenters. The second-order valence-electron chi connectivity index (χ2n) is 3.63. The molecule has 1 fully saturated rings. The molecule has 90 valence electrons. The lowest BCUT2D eigenvalue weighted by Gasteiger charge is -2.43. The predicted octanol–water partition coefficient (Wildman–Crippen LogP) is 1.15. The van der Waals surface area contributed by atoms with Crippen molar-refractivity contribution in [3.05, 3.63) is 29.3 Å². The van der Waals surface area contributed by atoms with Crippen molar-refractivity contribution in [1.82, 2.24) is 0 Å². The van der Waals surface area contributed by atoms with Gasteiger partial charge in [0, 0.05) is 17.8 Å². The van der Waals surface area contributed by atoms with Gasteiger partial charge in [0.05, 0.1) is 0 Å². The minimum atomic E-state index is -1.10. The number of ether oxygens (including phenoxy) is 1. The SMILES string of the molecule is CO[C@@H]1C(=O)N(c2cccc(Cl)c2)[C@H]1C(=O)O. The third kappa shape index (κ3) is 1.87. The van der Waals surface area contributed by atoms with Gasteiger partial charge in [-0.3, -0.25) is 9.69 Å². The predicted molar refractivity (Wildman–Crippen MR) is 61.2 cm³/mol. The van der Waals surface area contributed by atoms with E-state index in [9.17, 15) is 9.59 Å². The lowest BCUT2D eigenvalue weighted by atomic mass is 9.97. The number of aliphatic carboxylic acids is 1. The molecule has 17 heavy (non-hydrogen) atoms. The molecule has 2 rings (SSSR count). The van der Waals surface area contributed by atoms with Crippen molar-refractivity contribution in [3.8, 4) is 0 Å². The molecule has 0 saturated carbocycles. The van der Waals surface area contributed by atoms with Gasteiger partial charge in [-0.05, 0) is 18.2 Å². The zero-order chi connectivity index (χ0) is 12.6. The number of amides is 1. The average molecular weight is 256 g/mol. The molecule has 0 bridgehead atoms. The summed E-state index contributed by atoms with van der Waals surface area (Å²) in [5, 5.41) is 9.49. The van der Waals surface area contributed by atoms with Crippen LogP contribution in [0.5, 0.6) is 0 Å². The number of carboxylic acids is 1. The third-order valence-electron chi connectivity index (χ3n) is 2.64. The zero-order valence-corrected chi connectivity index (χ0v) is 9.72. The van der Waals surface area contributed by atoms with Crippen LogP contribution in [-0.4, -0.2) is 36.2 Å². The van der Waals surface area contributed by atoms with Crippen LogP contribution in [0.25, 0.3) is 0 Å². The Kier molecular flexibility index (Phi) is 3.04. The van der Waals surface area contributed by atoms with Gasteiger partial charge in [0.25, 0.3) is 5.91 Å². The van der Waals surface area contributed by atoms with Crippen LogP contribution < -0.4 is 4.90 Å². The maximum atomic E-state index is 11.7. The van der Waals surface area contributed by atoms with Crippen molar-refractivity contribution < 1.29 is 19.4 Å². The van der Waals surface area contributed by atoms with Crippen LogP contribution in [0.15, 0.2) is 24.3 Å². The molecule has 5 nitrogen and oxygen atoms in total. The van der Waals surface area contributed by atoms with Gasteiger partial charge in [0.1, 0.15) is 0 Å². The van der Waals surface area contributed by atoms with Crippen LogP contribution in [0.4, 0.5) is 5.69 Å². The molecule has 1 aromatic carbocycles. The average Bonchev–Trinajstić information content (AvgIpc) is 2.26. The monoisotopic (exact) mass is 255 g/mol. The van der Waals surface area contributed by atoms with Crippen LogP contribution in [0.2, 0.25) is 5.02 Å². The first-order valence-electron chi connectivity index (χ1n) is 4.90. The molecular formula is C11H10ClNO4. The summed E-state index contributed by atoms with van der Waals surface area (Å²) in [7, 11) is 1.31. The van der Waals surface area contributed by atoms with Gasteiger partial charge < -0.3 is 9.84 Å². The smallest absolute Gasteiger partial charge is 0.330 e. The zero-order valence-electron chi connectivity index (χ0n) is 8.96. The highest BCUT2D eigenvalue weighted by molar-refractivity contribution is 6.31. The topological polar surface area (TPSA) is 66.8 Å². The van der Waals surface area contributed by atoms with Crippen LogP contribution in [-0.2, 0) is 14.3 Å². The van der Waals surface area contributed by atoms with E-state index in [2.05, 4.69) is 0 Å². The fourth-order valence-corrected chi connectivity index (χ4v) is 2.03. The maximum absolute atomic E-state index is 11.7. The van der Waals surface area contributed by atoms with Crippen molar-refractivity contribution in [2.45, 2.75) is 12.1 Å². The van der Waals surface area contributed by atoms with Crippen LogP contribution >= 0.6 is 11.6 Å². The summed E-state index contributed by atoms with van der Waals surface area (Å²) in [4.78, 5) is 23.9. The standard InChI is InChI=1S/C11H10ClNO4/c1-17-9-8(11(15)16)13(10(9)14)7-4-2-3-6(12)5-7/h2-5,8-9H,1H3,(H,15,16)/t8-,9+/m1/s1. The van der Waals surface area contributed by atoms with Crippen LogP contribution in [0.1, 0.15) is 0 Å². The lowest BCUT2D eigenvalue weighted by Crippen LogP contribution is -2.69. The first-order chi connectivity index (χ1) is 8.06. The molecule has 6 heteroatoms. The molecule has 0 aliphatic carbocycles. The molecule has 0 spiro atoms. The van der Waals surface area contributed by atoms with Gasteiger partial charge in [0.15, 0.2) is 12.1 Å². The molecular weight excluding hydrogens is 246 g/mol. The van der Waals surface area contributed by atoms with Crippen LogP contribution in [0, 0.1) is 0 Å². The number of benzene rings is 1. The van der Waals surface area contributed by atoms with Crippen molar-refractivity contribution in [2.75, 3.05) is 12.0 Å². The molecule has 1 saturated heterocycles. The van der Waals surface area contributed by atoms with E-state index in [1.165, 1.54) is 12.0 Å².